The van der Waals surface area contributed by atoms with E-state index in [4.69, 9.17) is 4.74 Å². The summed E-state index contributed by atoms with van der Waals surface area (Å²) < 4.78 is 6.02. The number of fused-ring (bicyclic) bond motifs is 2. The molecule has 2 aliphatic heterocycles. The first-order chi connectivity index (χ1) is 13.4. The van der Waals surface area contributed by atoms with Crippen molar-refractivity contribution in [1.82, 2.24) is 0 Å². The lowest BCUT2D eigenvalue weighted by Gasteiger charge is -2.45. The smallest absolute Gasteiger partial charge is 0.168 e. The van der Waals surface area contributed by atoms with E-state index in [2.05, 4.69) is 44.2 Å². The Bertz CT molecular complexity index is 866. The van der Waals surface area contributed by atoms with Gasteiger partial charge in [-0.2, -0.15) is 0 Å². The molecule has 4 N–H and O–H groups in total. The van der Waals surface area contributed by atoms with E-state index in [1.807, 2.05) is 6.07 Å². The van der Waals surface area contributed by atoms with Crippen LogP contribution in [-0.2, 0) is 22.7 Å². The molecule has 4 rings (SSSR count). The zero-order chi connectivity index (χ0) is 20.1. The molecule has 0 unspecified atom stereocenters. The fourth-order valence-electron chi connectivity index (χ4n) is 4.12. The van der Waals surface area contributed by atoms with Crippen LogP contribution in [0.15, 0.2) is 36.4 Å². The molecule has 6 heteroatoms. The number of ether oxygens (including phenoxy) is 1. The Hall–Kier alpha value is -1.41. The van der Waals surface area contributed by atoms with Crippen LogP contribution in [0.4, 0.5) is 0 Å². The number of hydrogen-bond acceptors (Lipinski definition) is 6. The molecule has 1 spiro atoms. The van der Waals surface area contributed by atoms with E-state index in [1.54, 1.807) is 0 Å². The number of aliphatic hydroxyl groups excluding tert-OH is 4. The van der Waals surface area contributed by atoms with Gasteiger partial charge in [-0.1, -0.05) is 42.0 Å². The van der Waals surface area contributed by atoms with Gasteiger partial charge in [0.2, 0.25) is 0 Å². The van der Waals surface area contributed by atoms with Gasteiger partial charge in [-0.3, -0.25) is 0 Å². The minimum absolute atomic E-state index is 0.307. The summed E-state index contributed by atoms with van der Waals surface area (Å²) in [4.78, 5) is -1.18. The molecule has 0 aromatic heterocycles. The van der Waals surface area contributed by atoms with E-state index >= 15 is 0 Å². The van der Waals surface area contributed by atoms with Gasteiger partial charge >= 0.3 is 0 Å². The number of thioether (sulfide) groups is 1. The molecule has 150 valence electrons. The molecule has 2 heterocycles. The SMILES string of the molecule is Cc1ccc(Cc2cc3c(cc2C)CO[C@]32S[C@H](CO)[C@@H](O)[C@H](O)[C@H]2O)cc1. The normalized spacial score (nSPS) is 31.9. The average molecular weight is 403 g/mol. The summed E-state index contributed by atoms with van der Waals surface area (Å²) in [6, 6.07) is 12.5. The zero-order valence-electron chi connectivity index (χ0n) is 16.0. The van der Waals surface area contributed by atoms with E-state index < -0.39 is 28.5 Å². The van der Waals surface area contributed by atoms with E-state index in [-0.39, 0.29) is 6.61 Å². The highest BCUT2D eigenvalue weighted by Crippen LogP contribution is 2.54. The highest BCUT2D eigenvalue weighted by atomic mass is 32.2. The first-order valence-corrected chi connectivity index (χ1v) is 10.4. The van der Waals surface area contributed by atoms with Crippen molar-refractivity contribution < 1.29 is 25.2 Å². The van der Waals surface area contributed by atoms with E-state index in [9.17, 15) is 20.4 Å². The first kappa shape index (κ1) is 19.9. The Balaban J connectivity index is 1.73. The molecular formula is C22H26O5S. The molecule has 0 radical (unpaired) electrons. The molecule has 0 aliphatic carbocycles. The molecule has 0 amide bonds. The Morgan fingerprint density at radius 2 is 1.79 bits per heavy atom. The first-order valence-electron chi connectivity index (χ1n) is 9.51. The Labute approximate surface area is 169 Å². The second-order valence-electron chi connectivity index (χ2n) is 7.82. The summed E-state index contributed by atoms with van der Waals surface area (Å²) in [6.07, 6.45) is -3.12. The Morgan fingerprint density at radius 3 is 2.46 bits per heavy atom. The van der Waals surface area contributed by atoms with Gasteiger partial charge in [-0.15, -0.1) is 11.8 Å². The number of aryl methyl sites for hydroxylation is 2. The third-order valence-electron chi connectivity index (χ3n) is 5.84. The summed E-state index contributed by atoms with van der Waals surface area (Å²) in [6.45, 7) is 4.14. The predicted octanol–water partition coefficient (Wildman–Crippen LogP) is 1.77. The molecule has 2 aliphatic rings. The standard InChI is InChI=1S/C22H26O5S/c1-12-3-5-14(6-4-12)8-15-9-17-16(7-13(15)2)11-27-22(17)21(26)20(25)19(24)18(10-23)28-22/h3-7,9,18-21,23-26H,8,10-11H2,1-2H3/t18-,19-,20+,21-,22+/m1/s1. The molecular weight excluding hydrogens is 376 g/mol. The maximum atomic E-state index is 10.8. The van der Waals surface area contributed by atoms with Crippen LogP contribution in [0.2, 0.25) is 0 Å². The maximum Gasteiger partial charge on any atom is 0.168 e. The summed E-state index contributed by atoms with van der Waals surface area (Å²) >= 11 is 1.19. The van der Waals surface area contributed by atoms with Crippen LogP contribution < -0.4 is 0 Å². The highest BCUT2D eigenvalue weighted by Gasteiger charge is 2.57. The Morgan fingerprint density at radius 1 is 1.07 bits per heavy atom. The van der Waals surface area contributed by atoms with E-state index in [0.29, 0.717) is 6.61 Å². The molecule has 0 saturated carbocycles. The lowest BCUT2D eigenvalue weighted by atomic mass is 9.89. The van der Waals surface area contributed by atoms with Gasteiger partial charge < -0.3 is 25.2 Å². The number of hydrogen-bond donors (Lipinski definition) is 4. The zero-order valence-corrected chi connectivity index (χ0v) is 16.8. The minimum Gasteiger partial charge on any atom is -0.395 e. The summed E-state index contributed by atoms with van der Waals surface area (Å²) in [5.41, 5.74) is 6.48. The van der Waals surface area contributed by atoms with Gasteiger partial charge in [0.25, 0.3) is 0 Å². The van der Waals surface area contributed by atoms with Crippen LogP contribution in [0.25, 0.3) is 0 Å². The molecule has 5 atom stereocenters. The van der Waals surface area contributed by atoms with Gasteiger partial charge in [0.05, 0.1) is 24.6 Å². The third-order valence-corrected chi connectivity index (χ3v) is 7.50. The van der Waals surface area contributed by atoms with Crippen LogP contribution in [0, 0.1) is 13.8 Å². The predicted molar refractivity (Wildman–Crippen MR) is 108 cm³/mol. The second kappa shape index (κ2) is 7.44. The van der Waals surface area contributed by atoms with Gasteiger partial charge in [-0.05, 0) is 42.5 Å². The maximum absolute atomic E-state index is 10.8. The topological polar surface area (TPSA) is 90.2 Å². The van der Waals surface area contributed by atoms with Crippen molar-refractivity contribution in [2.24, 2.45) is 0 Å². The molecule has 2 aromatic carbocycles. The van der Waals surface area contributed by atoms with Crippen molar-refractivity contribution in [3.8, 4) is 0 Å². The summed E-state index contributed by atoms with van der Waals surface area (Å²) in [7, 11) is 0. The minimum atomic E-state index is -1.38. The quantitative estimate of drug-likeness (QED) is 0.626. The van der Waals surface area contributed by atoms with Crippen molar-refractivity contribution in [2.75, 3.05) is 6.61 Å². The van der Waals surface area contributed by atoms with Gasteiger partial charge in [0.1, 0.15) is 12.2 Å². The lowest BCUT2D eigenvalue weighted by molar-refractivity contribution is -0.147. The van der Waals surface area contributed by atoms with Gasteiger partial charge in [0.15, 0.2) is 4.93 Å². The molecule has 2 aromatic rings. The number of rotatable bonds is 3. The Kier molecular flexibility index (Phi) is 5.29. The van der Waals surface area contributed by atoms with Crippen molar-refractivity contribution >= 4 is 11.8 Å². The van der Waals surface area contributed by atoms with Crippen LogP contribution >= 0.6 is 11.8 Å². The number of aliphatic hydroxyl groups is 4. The van der Waals surface area contributed by atoms with Crippen molar-refractivity contribution in [3.05, 3.63) is 69.8 Å². The van der Waals surface area contributed by atoms with Crippen molar-refractivity contribution in [3.63, 3.8) is 0 Å². The van der Waals surface area contributed by atoms with E-state index in [1.165, 1.54) is 22.9 Å². The molecule has 0 bridgehead atoms. The van der Waals surface area contributed by atoms with Crippen molar-refractivity contribution in [1.29, 1.82) is 0 Å². The average Bonchev–Trinajstić information content (AvgIpc) is 3.03. The molecule has 1 saturated heterocycles. The number of benzene rings is 2. The van der Waals surface area contributed by atoms with Gasteiger partial charge in [0, 0.05) is 5.56 Å². The highest BCUT2D eigenvalue weighted by molar-refractivity contribution is 8.00. The van der Waals surface area contributed by atoms with Crippen LogP contribution in [0.1, 0.15) is 33.4 Å². The summed E-state index contributed by atoms with van der Waals surface area (Å²) in [5.74, 6) is 0. The summed E-state index contributed by atoms with van der Waals surface area (Å²) in [5, 5.41) is 40.4. The molecule has 5 nitrogen and oxygen atoms in total. The van der Waals surface area contributed by atoms with Crippen LogP contribution in [-0.4, -0.2) is 50.6 Å². The van der Waals surface area contributed by atoms with Crippen LogP contribution in [0.3, 0.4) is 0 Å². The second-order valence-corrected chi connectivity index (χ2v) is 9.27. The molecule has 1 fully saturated rings. The lowest BCUT2D eigenvalue weighted by Crippen LogP contribution is -2.58. The van der Waals surface area contributed by atoms with Crippen LogP contribution in [0.5, 0.6) is 0 Å². The fourth-order valence-corrected chi connectivity index (χ4v) is 5.67. The third kappa shape index (κ3) is 3.18. The molecule has 28 heavy (non-hydrogen) atoms. The van der Waals surface area contributed by atoms with Crippen molar-refractivity contribution in [2.45, 2.75) is 55.4 Å². The largest absolute Gasteiger partial charge is 0.395 e. The fraction of sp³-hybridized carbons (Fsp3) is 0.455. The monoisotopic (exact) mass is 402 g/mol. The van der Waals surface area contributed by atoms with E-state index in [0.717, 1.165) is 28.7 Å². The van der Waals surface area contributed by atoms with Gasteiger partial charge in [-0.25, -0.2) is 0 Å².